The first kappa shape index (κ1) is 20.2. The highest BCUT2D eigenvalue weighted by Gasteiger charge is 2.46. The van der Waals surface area contributed by atoms with Crippen molar-refractivity contribution in [2.75, 3.05) is 13.1 Å². The van der Waals surface area contributed by atoms with Crippen molar-refractivity contribution in [2.24, 2.45) is 7.05 Å². The quantitative estimate of drug-likeness (QED) is 0.581. The van der Waals surface area contributed by atoms with Gasteiger partial charge in [0.15, 0.2) is 5.13 Å². The summed E-state index contributed by atoms with van der Waals surface area (Å²) in [5.74, 6) is 1.13. The number of imidazole rings is 1. The van der Waals surface area contributed by atoms with E-state index in [9.17, 15) is 4.39 Å². The van der Waals surface area contributed by atoms with E-state index in [2.05, 4.69) is 47.5 Å². The molecule has 1 unspecified atom stereocenters. The topological polar surface area (TPSA) is 34.0 Å². The van der Waals surface area contributed by atoms with Gasteiger partial charge in [-0.1, -0.05) is 6.07 Å². The lowest BCUT2D eigenvalue weighted by molar-refractivity contribution is 0.141. The molecule has 3 aromatic rings. The number of aryl methyl sites for hydroxylation is 3. The highest BCUT2D eigenvalue weighted by atomic mass is 32.1. The van der Waals surface area contributed by atoms with Crippen LogP contribution in [0.25, 0.3) is 0 Å². The molecule has 1 atom stereocenters. The maximum atomic E-state index is 13.5. The van der Waals surface area contributed by atoms with Crippen molar-refractivity contribution in [3.63, 3.8) is 0 Å². The van der Waals surface area contributed by atoms with Crippen LogP contribution < -0.4 is 0 Å². The average Bonchev–Trinajstić information content (AvgIpc) is 3.41. The zero-order valence-corrected chi connectivity index (χ0v) is 18.5. The van der Waals surface area contributed by atoms with E-state index >= 15 is 0 Å². The second kappa shape index (κ2) is 7.65. The Bertz CT molecular complexity index is 975. The van der Waals surface area contributed by atoms with Gasteiger partial charge in [0, 0.05) is 60.3 Å². The van der Waals surface area contributed by atoms with Gasteiger partial charge in [-0.2, -0.15) is 4.39 Å². The molecule has 1 aliphatic rings. The van der Waals surface area contributed by atoms with Gasteiger partial charge in [0.05, 0.1) is 0 Å². The molecule has 4 rings (SSSR count). The van der Waals surface area contributed by atoms with E-state index in [4.69, 9.17) is 4.98 Å². The predicted octanol–water partition coefficient (Wildman–Crippen LogP) is 4.84. The highest BCUT2D eigenvalue weighted by Crippen LogP contribution is 2.43. The number of hydrogen-bond donors (Lipinski definition) is 0. The summed E-state index contributed by atoms with van der Waals surface area (Å²) in [5.41, 5.74) is 2.13. The monoisotopic (exact) mass is 412 g/mol. The number of aromatic nitrogens is 3. The summed E-state index contributed by atoms with van der Waals surface area (Å²) in [5, 5.41) is -0.105. The Labute approximate surface area is 176 Å². The number of hydrogen-bond acceptors (Lipinski definition) is 4. The zero-order chi connectivity index (χ0) is 20.6. The normalized spacial score (nSPS) is 20.4. The summed E-state index contributed by atoms with van der Waals surface area (Å²) in [4.78, 5) is 12.9. The summed E-state index contributed by atoms with van der Waals surface area (Å²) in [6, 6.07) is 7.77. The van der Waals surface area contributed by atoms with Crippen LogP contribution in [0.15, 0.2) is 42.9 Å². The molecule has 3 aromatic heterocycles. The Morgan fingerprint density at radius 3 is 2.66 bits per heavy atom. The summed E-state index contributed by atoms with van der Waals surface area (Å²) >= 11 is 1.26. The van der Waals surface area contributed by atoms with Crippen molar-refractivity contribution in [3.8, 4) is 0 Å². The SMILES string of the molecule is Cc1ccc(C(C)(C)N2CCC(CCc3ccc(F)s3)(c3nccn3C)C2)cn1. The van der Waals surface area contributed by atoms with Crippen LogP contribution in [-0.2, 0) is 24.4 Å². The first-order valence-electron chi connectivity index (χ1n) is 10.2. The average molecular weight is 413 g/mol. The molecule has 4 nitrogen and oxygen atoms in total. The summed E-state index contributed by atoms with van der Waals surface area (Å²) in [7, 11) is 2.08. The van der Waals surface area contributed by atoms with E-state index in [0.29, 0.717) is 0 Å². The fourth-order valence-corrected chi connectivity index (χ4v) is 5.31. The minimum absolute atomic E-state index is 0.0336. The minimum Gasteiger partial charge on any atom is -0.338 e. The molecule has 1 fully saturated rings. The standard InChI is InChI=1S/C23H29FN4S/c1-17-5-6-18(15-26-17)22(2,3)28-13-11-23(16-28,21-25-12-14-27(21)4)10-9-19-7-8-20(24)29-19/h5-8,12,14-15H,9-11,13,16H2,1-4H3. The molecule has 1 saturated heterocycles. The van der Waals surface area contributed by atoms with Crippen molar-refractivity contribution in [1.82, 2.24) is 19.4 Å². The number of rotatable bonds is 6. The molecular formula is C23H29FN4S. The molecule has 0 aromatic carbocycles. The lowest BCUT2D eigenvalue weighted by Gasteiger charge is -2.38. The van der Waals surface area contributed by atoms with Gasteiger partial charge in [-0.3, -0.25) is 9.88 Å². The second-order valence-corrected chi connectivity index (χ2v) is 9.89. The van der Waals surface area contributed by atoms with E-state index in [1.165, 1.54) is 16.9 Å². The summed E-state index contributed by atoms with van der Waals surface area (Å²) < 4.78 is 15.6. The third-order valence-corrected chi connectivity index (χ3v) is 7.47. The minimum atomic E-state index is -0.108. The Hall–Kier alpha value is -2.05. The molecule has 6 heteroatoms. The maximum absolute atomic E-state index is 13.5. The largest absolute Gasteiger partial charge is 0.338 e. The molecule has 0 spiro atoms. The van der Waals surface area contributed by atoms with Crippen LogP contribution in [0.1, 0.15) is 48.6 Å². The molecular weight excluding hydrogens is 383 g/mol. The Morgan fingerprint density at radius 2 is 2.03 bits per heavy atom. The van der Waals surface area contributed by atoms with Crippen LogP contribution in [0.5, 0.6) is 0 Å². The van der Waals surface area contributed by atoms with E-state index in [-0.39, 0.29) is 16.1 Å². The van der Waals surface area contributed by atoms with Gasteiger partial charge in [0.1, 0.15) is 5.82 Å². The molecule has 1 aliphatic heterocycles. The van der Waals surface area contributed by atoms with Crippen molar-refractivity contribution in [3.05, 3.63) is 69.9 Å². The van der Waals surface area contributed by atoms with Gasteiger partial charge in [0.2, 0.25) is 0 Å². The molecule has 0 saturated carbocycles. The van der Waals surface area contributed by atoms with Crippen LogP contribution >= 0.6 is 11.3 Å². The summed E-state index contributed by atoms with van der Waals surface area (Å²) in [6.45, 7) is 8.52. The first-order valence-corrected chi connectivity index (χ1v) is 11.0. The van der Waals surface area contributed by atoms with Crippen molar-refractivity contribution in [2.45, 2.75) is 51.0 Å². The van der Waals surface area contributed by atoms with Crippen LogP contribution in [0.4, 0.5) is 4.39 Å². The fraction of sp³-hybridized carbons (Fsp3) is 0.478. The van der Waals surface area contributed by atoms with Gasteiger partial charge >= 0.3 is 0 Å². The van der Waals surface area contributed by atoms with E-state index < -0.39 is 0 Å². The molecule has 4 heterocycles. The van der Waals surface area contributed by atoms with Crippen LogP contribution in [0.2, 0.25) is 0 Å². The zero-order valence-electron chi connectivity index (χ0n) is 17.7. The number of likely N-dealkylation sites (tertiary alicyclic amines) is 1. The van der Waals surface area contributed by atoms with Gasteiger partial charge < -0.3 is 4.57 Å². The van der Waals surface area contributed by atoms with Gasteiger partial charge in [-0.15, -0.1) is 11.3 Å². The number of thiophene rings is 1. The highest BCUT2D eigenvalue weighted by molar-refractivity contribution is 7.10. The van der Waals surface area contributed by atoms with Crippen molar-refractivity contribution in [1.29, 1.82) is 0 Å². The van der Waals surface area contributed by atoms with Crippen LogP contribution in [0, 0.1) is 12.1 Å². The number of pyridine rings is 1. The number of halogens is 1. The maximum Gasteiger partial charge on any atom is 0.176 e. The number of nitrogens with zero attached hydrogens (tertiary/aromatic N) is 4. The second-order valence-electron chi connectivity index (χ2n) is 8.77. The smallest absolute Gasteiger partial charge is 0.176 e. The van der Waals surface area contributed by atoms with Crippen molar-refractivity contribution >= 4 is 11.3 Å². The molecule has 0 radical (unpaired) electrons. The Balaban J connectivity index is 1.61. The van der Waals surface area contributed by atoms with E-state index in [1.54, 1.807) is 6.07 Å². The molecule has 154 valence electrons. The van der Waals surface area contributed by atoms with Gasteiger partial charge in [-0.05, 0) is 63.8 Å². The van der Waals surface area contributed by atoms with Crippen LogP contribution in [-0.4, -0.2) is 32.5 Å². The Kier molecular flexibility index (Phi) is 5.34. The third kappa shape index (κ3) is 3.88. The molecule has 0 N–H and O–H groups in total. The van der Waals surface area contributed by atoms with E-state index in [0.717, 1.165) is 48.7 Å². The molecule has 0 bridgehead atoms. The third-order valence-electron chi connectivity index (χ3n) is 6.54. The van der Waals surface area contributed by atoms with Gasteiger partial charge in [-0.25, -0.2) is 4.98 Å². The lowest BCUT2D eigenvalue weighted by Crippen LogP contribution is -2.43. The first-order chi connectivity index (χ1) is 13.8. The van der Waals surface area contributed by atoms with E-state index in [1.807, 2.05) is 31.6 Å². The summed E-state index contributed by atoms with van der Waals surface area (Å²) in [6.07, 6.45) is 8.82. The fourth-order valence-electron chi connectivity index (χ4n) is 4.59. The Morgan fingerprint density at radius 1 is 1.21 bits per heavy atom. The molecule has 0 aliphatic carbocycles. The van der Waals surface area contributed by atoms with Crippen molar-refractivity contribution < 1.29 is 4.39 Å². The lowest BCUT2D eigenvalue weighted by atomic mass is 9.80. The predicted molar refractivity (Wildman–Crippen MR) is 116 cm³/mol. The molecule has 0 amide bonds. The molecule has 29 heavy (non-hydrogen) atoms. The van der Waals surface area contributed by atoms with Gasteiger partial charge in [0.25, 0.3) is 0 Å². The van der Waals surface area contributed by atoms with Crippen LogP contribution in [0.3, 0.4) is 0 Å².